The zero-order valence-corrected chi connectivity index (χ0v) is 16.4. The van der Waals surface area contributed by atoms with E-state index >= 15 is 0 Å². The number of fused-ring (bicyclic) bond motifs is 1. The van der Waals surface area contributed by atoms with Crippen LogP contribution in [0.4, 0.5) is 13.2 Å². The predicted molar refractivity (Wildman–Crippen MR) is 107 cm³/mol. The van der Waals surface area contributed by atoms with Crippen molar-refractivity contribution < 1.29 is 26.3 Å². The Balaban J connectivity index is 1.49. The largest absolute Gasteiger partial charge is 0.479 e. The second-order valence-electron chi connectivity index (χ2n) is 6.25. The van der Waals surface area contributed by atoms with Gasteiger partial charge in [-0.25, -0.2) is 13.1 Å². The zero-order chi connectivity index (χ0) is 21.6. The molecule has 0 radical (unpaired) electrons. The highest BCUT2D eigenvalue weighted by atomic mass is 32.2. The SMILES string of the molecule is O=S(=O)(Cc1ccc(C(F)(F)F)cc1)NCC#CCOc1cccc2cccnc12. The number of para-hydroxylation sites is 1. The molecule has 30 heavy (non-hydrogen) atoms. The Morgan fingerprint density at radius 2 is 1.73 bits per heavy atom. The fourth-order valence-electron chi connectivity index (χ4n) is 2.63. The monoisotopic (exact) mass is 434 g/mol. The minimum Gasteiger partial charge on any atom is -0.479 e. The molecule has 0 saturated carbocycles. The first-order valence-corrected chi connectivity index (χ1v) is 10.5. The van der Waals surface area contributed by atoms with Gasteiger partial charge < -0.3 is 4.74 Å². The summed E-state index contributed by atoms with van der Waals surface area (Å²) in [5.41, 5.74) is 0.123. The number of alkyl halides is 3. The first-order valence-electron chi connectivity index (χ1n) is 8.80. The summed E-state index contributed by atoms with van der Waals surface area (Å²) < 4.78 is 69.6. The van der Waals surface area contributed by atoms with Crippen molar-refractivity contribution in [2.24, 2.45) is 0 Å². The molecule has 156 valence electrons. The first-order chi connectivity index (χ1) is 14.2. The van der Waals surface area contributed by atoms with Crippen LogP contribution < -0.4 is 9.46 Å². The Hall–Kier alpha value is -3.09. The van der Waals surface area contributed by atoms with Crippen LogP contribution in [0.2, 0.25) is 0 Å². The molecule has 1 heterocycles. The number of rotatable bonds is 6. The highest BCUT2D eigenvalue weighted by Crippen LogP contribution is 2.29. The van der Waals surface area contributed by atoms with Crippen molar-refractivity contribution in [3.05, 3.63) is 71.9 Å². The van der Waals surface area contributed by atoms with E-state index < -0.39 is 27.5 Å². The standard InChI is InChI=1S/C21H17F3N2O3S/c22-21(23,24)18-10-8-16(9-11-18)15-30(27,28)26-13-1-2-14-29-19-7-3-5-17-6-4-12-25-20(17)19/h3-12,26H,13-15H2. The van der Waals surface area contributed by atoms with E-state index in [1.165, 1.54) is 0 Å². The van der Waals surface area contributed by atoms with Gasteiger partial charge in [0.1, 0.15) is 17.9 Å². The van der Waals surface area contributed by atoms with E-state index in [9.17, 15) is 21.6 Å². The van der Waals surface area contributed by atoms with Crippen molar-refractivity contribution in [1.82, 2.24) is 9.71 Å². The van der Waals surface area contributed by atoms with Crippen LogP contribution in [0, 0.1) is 11.8 Å². The average Bonchev–Trinajstić information content (AvgIpc) is 2.70. The number of pyridine rings is 1. The fourth-order valence-corrected chi connectivity index (χ4v) is 3.65. The van der Waals surface area contributed by atoms with Gasteiger partial charge in [0, 0.05) is 11.6 Å². The summed E-state index contributed by atoms with van der Waals surface area (Å²) >= 11 is 0. The van der Waals surface area contributed by atoms with Crippen molar-refractivity contribution in [3.8, 4) is 17.6 Å². The molecule has 0 aliphatic heterocycles. The molecule has 1 N–H and O–H groups in total. The van der Waals surface area contributed by atoms with Crippen LogP contribution in [0.1, 0.15) is 11.1 Å². The summed E-state index contributed by atoms with van der Waals surface area (Å²) in [6.07, 6.45) is -2.80. The number of hydrogen-bond donors (Lipinski definition) is 1. The highest BCUT2D eigenvalue weighted by molar-refractivity contribution is 7.88. The molecular formula is C21H17F3N2O3S. The van der Waals surface area contributed by atoms with Crippen LogP contribution in [0.25, 0.3) is 10.9 Å². The van der Waals surface area contributed by atoms with Crippen molar-refractivity contribution in [1.29, 1.82) is 0 Å². The van der Waals surface area contributed by atoms with Gasteiger partial charge in [0.15, 0.2) is 0 Å². The minimum atomic E-state index is -4.46. The molecule has 1 aromatic heterocycles. The average molecular weight is 434 g/mol. The van der Waals surface area contributed by atoms with Crippen molar-refractivity contribution in [2.75, 3.05) is 13.2 Å². The van der Waals surface area contributed by atoms with Crippen molar-refractivity contribution in [2.45, 2.75) is 11.9 Å². The molecule has 0 saturated heterocycles. The molecule has 0 aliphatic rings. The maximum atomic E-state index is 12.6. The Kier molecular flexibility index (Phi) is 6.59. The summed E-state index contributed by atoms with van der Waals surface area (Å²) in [6, 6.07) is 13.2. The summed E-state index contributed by atoms with van der Waals surface area (Å²) in [6.45, 7) is -0.0869. The van der Waals surface area contributed by atoms with E-state index in [2.05, 4.69) is 21.5 Å². The van der Waals surface area contributed by atoms with E-state index in [4.69, 9.17) is 4.74 Å². The van der Waals surface area contributed by atoms with Crippen LogP contribution in [0.15, 0.2) is 60.8 Å². The van der Waals surface area contributed by atoms with Crippen LogP contribution in [0.5, 0.6) is 5.75 Å². The number of nitrogens with zero attached hydrogens (tertiary/aromatic N) is 1. The second kappa shape index (κ2) is 9.15. The van der Waals surface area contributed by atoms with E-state index in [0.29, 0.717) is 11.3 Å². The van der Waals surface area contributed by atoms with Gasteiger partial charge in [-0.2, -0.15) is 13.2 Å². The molecular weight excluding hydrogens is 417 g/mol. The Bertz CT molecular complexity index is 1180. The molecule has 0 bridgehead atoms. The number of nitrogens with one attached hydrogen (secondary N) is 1. The van der Waals surface area contributed by atoms with E-state index in [1.807, 2.05) is 24.3 Å². The predicted octanol–water partition coefficient (Wildman–Crippen LogP) is 3.76. The van der Waals surface area contributed by atoms with Crippen molar-refractivity contribution >= 4 is 20.9 Å². The Labute approximate surface area is 171 Å². The normalized spacial score (nSPS) is 11.7. The Morgan fingerprint density at radius 3 is 2.47 bits per heavy atom. The number of hydrogen-bond acceptors (Lipinski definition) is 4. The van der Waals surface area contributed by atoms with E-state index in [1.54, 1.807) is 12.3 Å². The number of halogens is 3. The van der Waals surface area contributed by atoms with Gasteiger partial charge in [0.25, 0.3) is 0 Å². The van der Waals surface area contributed by atoms with Gasteiger partial charge in [-0.1, -0.05) is 42.2 Å². The van der Waals surface area contributed by atoms with Crippen LogP contribution in [-0.2, 0) is 22.0 Å². The maximum Gasteiger partial charge on any atom is 0.416 e. The molecule has 5 nitrogen and oxygen atoms in total. The fraction of sp³-hybridized carbons (Fsp3) is 0.190. The van der Waals surface area contributed by atoms with Crippen LogP contribution in [0.3, 0.4) is 0 Å². The highest BCUT2D eigenvalue weighted by Gasteiger charge is 2.30. The van der Waals surface area contributed by atoms with Crippen molar-refractivity contribution in [3.63, 3.8) is 0 Å². The quantitative estimate of drug-likeness (QED) is 0.600. The third kappa shape index (κ3) is 5.95. The lowest BCUT2D eigenvalue weighted by atomic mass is 10.1. The third-order valence-corrected chi connectivity index (χ3v) is 5.34. The summed E-state index contributed by atoms with van der Waals surface area (Å²) in [7, 11) is -3.74. The van der Waals surface area contributed by atoms with Gasteiger partial charge in [0.05, 0.1) is 17.9 Å². The van der Waals surface area contributed by atoms with Gasteiger partial charge in [-0.3, -0.25) is 4.98 Å². The third-order valence-electron chi connectivity index (χ3n) is 4.04. The second-order valence-corrected chi connectivity index (χ2v) is 8.06. The summed E-state index contributed by atoms with van der Waals surface area (Å²) in [4.78, 5) is 4.26. The molecule has 9 heteroatoms. The zero-order valence-electron chi connectivity index (χ0n) is 15.6. The summed E-state index contributed by atoms with van der Waals surface area (Å²) in [5.74, 6) is 5.48. The number of sulfonamides is 1. The first kappa shape index (κ1) is 21.6. The van der Waals surface area contributed by atoms with Gasteiger partial charge in [-0.05, 0) is 29.8 Å². The van der Waals surface area contributed by atoms with E-state index in [-0.39, 0.29) is 18.7 Å². The molecule has 3 aromatic rings. The van der Waals surface area contributed by atoms with Gasteiger partial charge in [0.2, 0.25) is 10.0 Å². The lowest BCUT2D eigenvalue weighted by molar-refractivity contribution is -0.137. The number of ether oxygens (including phenoxy) is 1. The lowest BCUT2D eigenvalue weighted by Gasteiger charge is -2.08. The lowest BCUT2D eigenvalue weighted by Crippen LogP contribution is -2.25. The molecule has 0 amide bonds. The molecule has 3 rings (SSSR count). The minimum absolute atomic E-state index is 0.0519. The topological polar surface area (TPSA) is 68.3 Å². The number of benzene rings is 2. The van der Waals surface area contributed by atoms with Crippen LogP contribution >= 0.6 is 0 Å². The molecule has 0 atom stereocenters. The molecule has 2 aromatic carbocycles. The summed E-state index contributed by atoms with van der Waals surface area (Å²) in [5, 5.41) is 0.930. The smallest absolute Gasteiger partial charge is 0.416 e. The van der Waals surface area contributed by atoms with E-state index in [0.717, 1.165) is 29.7 Å². The van der Waals surface area contributed by atoms with Gasteiger partial charge >= 0.3 is 6.18 Å². The van der Waals surface area contributed by atoms with Crippen LogP contribution in [-0.4, -0.2) is 26.6 Å². The molecule has 0 fully saturated rings. The molecule has 0 unspecified atom stereocenters. The molecule has 0 aliphatic carbocycles. The Morgan fingerprint density at radius 1 is 1.00 bits per heavy atom. The van der Waals surface area contributed by atoms with Gasteiger partial charge in [-0.15, -0.1) is 0 Å². The number of aromatic nitrogens is 1. The maximum absolute atomic E-state index is 12.6. The molecule has 0 spiro atoms.